The summed E-state index contributed by atoms with van der Waals surface area (Å²) in [7, 11) is 0. The lowest BCUT2D eigenvalue weighted by Gasteiger charge is -2.29. The SMILES string of the molecule is CSc1cccc2sc(N(CCN3CCOCC3)C(=O)CSc3ccc(Cl)cc3)nc12. The molecule has 2 aromatic carbocycles. The van der Waals surface area contributed by atoms with E-state index in [0.717, 1.165) is 58.0 Å². The number of rotatable bonds is 8. The molecule has 3 aromatic rings. The van der Waals surface area contributed by atoms with Gasteiger partial charge in [-0.1, -0.05) is 29.0 Å². The molecule has 31 heavy (non-hydrogen) atoms. The zero-order valence-corrected chi connectivity index (χ0v) is 20.5. The third-order valence-corrected chi connectivity index (χ3v) is 8.10. The average molecular weight is 494 g/mol. The van der Waals surface area contributed by atoms with Crippen LogP contribution >= 0.6 is 46.5 Å². The highest BCUT2D eigenvalue weighted by molar-refractivity contribution is 8.00. The minimum absolute atomic E-state index is 0.0676. The number of anilines is 1. The van der Waals surface area contributed by atoms with Crippen LogP contribution in [0.15, 0.2) is 52.3 Å². The van der Waals surface area contributed by atoms with E-state index in [-0.39, 0.29) is 5.91 Å². The molecule has 5 nitrogen and oxygen atoms in total. The number of fused-ring (bicyclic) bond motifs is 1. The highest BCUT2D eigenvalue weighted by Gasteiger charge is 2.22. The lowest BCUT2D eigenvalue weighted by atomic mass is 10.3. The van der Waals surface area contributed by atoms with E-state index in [0.29, 0.717) is 17.3 Å². The monoisotopic (exact) mass is 493 g/mol. The van der Waals surface area contributed by atoms with Gasteiger partial charge in [0.1, 0.15) is 0 Å². The molecule has 1 fully saturated rings. The molecule has 0 unspecified atom stereocenters. The van der Waals surface area contributed by atoms with Gasteiger partial charge in [-0.15, -0.1) is 23.5 Å². The van der Waals surface area contributed by atoms with Crippen molar-refractivity contribution in [3.8, 4) is 0 Å². The van der Waals surface area contributed by atoms with Crippen LogP contribution in [-0.2, 0) is 9.53 Å². The summed E-state index contributed by atoms with van der Waals surface area (Å²) in [5.41, 5.74) is 0.976. The first-order chi connectivity index (χ1) is 15.1. The van der Waals surface area contributed by atoms with Crippen LogP contribution in [0.4, 0.5) is 5.13 Å². The number of benzene rings is 2. The van der Waals surface area contributed by atoms with Gasteiger partial charge in [0, 0.05) is 41.0 Å². The summed E-state index contributed by atoms with van der Waals surface area (Å²) in [6.07, 6.45) is 2.05. The Hall–Kier alpha value is -1.29. The van der Waals surface area contributed by atoms with Crippen molar-refractivity contribution in [2.45, 2.75) is 9.79 Å². The Morgan fingerprint density at radius 3 is 2.74 bits per heavy atom. The largest absolute Gasteiger partial charge is 0.379 e. The number of amides is 1. The number of thiazole rings is 1. The summed E-state index contributed by atoms with van der Waals surface area (Å²) in [4.78, 5) is 24.5. The fourth-order valence-electron chi connectivity index (χ4n) is 3.34. The van der Waals surface area contributed by atoms with Crippen molar-refractivity contribution >= 4 is 67.7 Å². The molecule has 0 bridgehead atoms. The summed E-state index contributed by atoms with van der Waals surface area (Å²) >= 11 is 10.8. The lowest BCUT2D eigenvalue weighted by molar-refractivity contribution is -0.116. The summed E-state index contributed by atoms with van der Waals surface area (Å²) in [6.45, 7) is 4.73. The van der Waals surface area contributed by atoms with Gasteiger partial charge in [-0.3, -0.25) is 14.6 Å². The van der Waals surface area contributed by atoms with Crippen molar-refractivity contribution < 1.29 is 9.53 Å². The van der Waals surface area contributed by atoms with Crippen LogP contribution in [0.1, 0.15) is 0 Å². The molecule has 0 spiro atoms. The van der Waals surface area contributed by atoms with Crippen molar-refractivity contribution in [1.82, 2.24) is 9.88 Å². The van der Waals surface area contributed by atoms with Gasteiger partial charge in [-0.2, -0.15) is 0 Å². The van der Waals surface area contributed by atoms with Crippen LogP contribution in [-0.4, -0.2) is 67.2 Å². The Morgan fingerprint density at radius 2 is 2.00 bits per heavy atom. The van der Waals surface area contributed by atoms with Crippen LogP contribution < -0.4 is 4.90 Å². The Labute approximate surface area is 200 Å². The van der Waals surface area contributed by atoms with Gasteiger partial charge in [0.25, 0.3) is 0 Å². The standard InChI is InChI=1S/C22H24ClN3O2S3/c1-29-18-3-2-4-19-21(18)24-22(31-19)26(10-9-25-11-13-28-14-12-25)20(27)15-30-17-7-5-16(23)6-8-17/h2-8H,9-15H2,1H3. The van der Waals surface area contributed by atoms with Gasteiger partial charge in [-0.25, -0.2) is 4.98 Å². The van der Waals surface area contributed by atoms with E-state index in [1.165, 1.54) is 11.8 Å². The van der Waals surface area contributed by atoms with Crippen molar-refractivity contribution in [3.05, 3.63) is 47.5 Å². The number of aromatic nitrogens is 1. The number of morpholine rings is 1. The van der Waals surface area contributed by atoms with E-state index in [1.54, 1.807) is 23.1 Å². The molecule has 0 N–H and O–H groups in total. The number of nitrogens with zero attached hydrogens (tertiary/aromatic N) is 3. The van der Waals surface area contributed by atoms with Gasteiger partial charge in [0.15, 0.2) is 5.13 Å². The minimum atomic E-state index is 0.0676. The molecule has 0 atom stereocenters. The maximum atomic E-state index is 13.3. The molecule has 0 saturated carbocycles. The van der Waals surface area contributed by atoms with Gasteiger partial charge in [-0.05, 0) is 42.7 Å². The topological polar surface area (TPSA) is 45.7 Å². The minimum Gasteiger partial charge on any atom is -0.379 e. The Bertz CT molecular complexity index is 1020. The number of carbonyl (C=O) groups is 1. The lowest BCUT2D eigenvalue weighted by Crippen LogP contribution is -2.43. The molecule has 164 valence electrons. The molecule has 0 radical (unpaired) electrons. The first-order valence-corrected chi connectivity index (χ1v) is 13.5. The van der Waals surface area contributed by atoms with Crippen molar-refractivity contribution in [3.63, 3.8) is 0 Å². The molecule has 9 heteroatoms. The van der Waals surface area contributed by atoms with E-state index >= 15 is 0 Å². The molecular formula is C22H24ClN3O2S3. The Kier molecular flexibility index (Phi) is 8.14. The third-order valence-electron chi connectivity index (χ3n) is 5.04. The Balaban J connectivity index is 1.52. The molecule has 1 aromatic heterocycles. The fourth-order valence-corrected chi connectivity index (χ4v) is 5.90. The zero-order valence-electron chi connectivity index (χ0n) is 17.3. The fraction of sp³-hybridized carbons (Fsp3) is 0.364. The van der Waals surface area contributed by atoms with Crippen LogP contribution in [0, 0.1) is 0 Å². The smallest absolute Gasteiger partial charge is 0.239 e. The predicted octanol–water partition coefficient (Wildman–Crippen LogP) is 5.13. The first kappa shape index (κ1) is 22.9. The second kappa shape index (κ2) is 11.0. The summed E-state index contributed by atoms with van der Waals surface area (Å²) < 4.78 is 6.56. The second-order valence-corrected chi connectivity index (χ2v) is 10.4. The van der Waals surface area contributed by atoms with E-state index in [9.17, 15) is 4.79 Å². The quantitative estimate of drug-likeness (QED) is 0.405. The van der Waals surface area contributed by atoms with Crippen molar-refractivity contribution in [2.24, 2.45) is 0 Å². The summed E-state index contributed by atoms with van der Waals surface area (Å²) in [5, 5.41) is 1.47. The first-order valence-electron chi connectivity index (χ1n) is 10.1. The third kappa shape index (κ3) is 5.94. The van der Waals surface area contributed by atoms with Crippen LogP contribution in [0.5, 0.6) is 0 Å². The van der Waals surface area contributed by atoms with E-state index in [4.69, 9.17) is 21.3 Å². The number of halogens is 1. The molecular weight excluding hydrogens is 470 g/mol. The molecule has 0 aliphatic carbocycles. The molecule has 1 amide bonds. The second-order valence-electron chi connectivity index (χ2n) is 7.05. The maximum Gasteiger partial charge on any atom is 0.239 e. The highest BCUT2D eigenvalue weighted by Crippen LogP contribution is 2.34. The average Bonchev–Trinajstić information content (AvgIpc) is 3.23. The normalized spacial score (nSPS) is 14.8. The van der Waals surface area contributed by atoms with Gasteiger partial charge >= 0.3 is 0 Å². The number of thioether (sulfide) groups is 2. The summed E-state index contributed by atoms with van der Waals surface area (Å²) in [5.74, 6) is 0.425. The van der Waals surface area contributed by atoms with Gasteiger partial charge < -0.3 is 4.74 Å². The zero-order chi connectivity index (χ0) is 21.6. The number of para-hydroxylation sites is 1. The van der Waals surface area contributed by atoms with Crippen molar-refractivity contribution in [2.75, 3.05) is 56.3 Å². The van der Waals surface area contributed by atoms with E-state index in [1.807, 2.05) is 35.2 Å². The molecule has 4 rings (SSSR count). The van der Waals surface area contributed by atoms with E-state index < -0.39 is 0 Å². The molecule has 2 heterocycles. The number of hydrogen-bond donors (Lipinski definition) is 0. The van der Waals surface area contributed by atoms with Crippen LogP contribution in [0.3, 0.4) is 0 Å². The van der Waals surface area contributed by atoms with Crippen LogP contribution in [0.2, 0.25) is 5.02 Å². The molecule has 1 aliphatic heterocycles. The Morgan fingerprint density at radius 1 is 1.23 bits per heavy atom. The molecule has 1 saturated heterocycles. The predicted molar refractivity (Wildman–Crippen MR) is 133 cm³/mol. The summed E-state index contributed by atoms with van der Waals surface area (Å²) in [6, 6.07) is 13.8. The maximum absolute atomic E-state index is 13.3. The number of carbonyl (C=O) groups excluding carboxylic acids is 1. The van der Waals surface area contributed by atoms with Gasteiger partial charge in [0.2, 0.25) is 5.91 Å². The van der Waals surface area contributed by atoms with Crippen LogP contribution in [0.25, 0.3) is 10.2 Å². The van der Waals surface area contributed by atoms with Crippen molar-refractivity contribution in [1.29, 1.82) is 0 Å². The number of ether oxygens (including phenoxy) is 1. The number of hydrogen-bond acceptors (Lipinski definition) is 7. The molecule has 1 aliphatic rings. The van der Waals surface area contributed by atoms with Gasteiger partial charge in [0.05, 0.1) is 29.2 Å². The highest BCUT2D eigenvalue weighted by atomic mass is 35.5. The van der Waals surface area contributed by atoms with E-state index in [2.05, 4.69) is 23.3 Å².